The number of rotatable bonds is 4. The van der Waals surface area contributed by atoms with Crippen LogP contribution < -0.4 is 9.64 Å². The number of halogens is 3. The Kier molecular flexibility index (Phi) is 6.38. The highest BCUT2D eigenvalue weighted by atomic mass is 79.9. The van der Waals surface area contributed by atoms with E-state index < -0.39 is 5.82 Å². The van der Waals surface area contributed by atoms with Crippen LogP contribution in [0.2, 0.25) is 5.02 Å². The Labute approximate surface area is 192 Å². The predicted molar refractivity (Wildman–Crippen MR) is 120 cm³/mol. The molecule has 2 heterocycles. The van der Waals surface area contributed by atoms with Crippen LogP contribution in [0.3, 0.4) is 0 Å². The molecule has 0 aliphatic carbocycles. The van der Waals surface area contributed by atoms with E-state index >= 15 is 0 Å². The lowest BCUT2D eigenvalue weighted by molar-refractivity contribution is 0.0672. The average molecular weight is 506 g/mol. The van der Waals surface area contributed by atoms with Gasteiger partial charge >= 0.3 is 0 Å². The summed E-state index contributed by atoms with van der Waals surface area (Å²) < 4.78 is 19.8. The fraction of sp³-hybridized carbons (Fsp3) is 0.227. The van der Waals surface area contributed by atoms with Crippen molar-refractivity contribution in [1.82, 2.24) is 14.9 Å². The molecule has 0 unspecified atom stereocenters. The molecule has 0 saturated carbocycles. The summed E-state index contributed by atoms with van der Waals surface area (Å²) in [6.07, 6.45) is 1.42. The Morgan fingerprint density at radius 2 is 2.00 bits per heavy atom. The summed E-state index contributed by atoms with van der Waals surface area (Å²) in [6.45, 7) is 3.82. The minimum absolute atomic E-state index is 0.000441. The van der Waals surface area contributed by atoms with Gasteiger partial charge in [-0.3, -0.25) is 4.79 Å². The summed E-state index contributed by atoms with van der Waals surface area (Å²) in [5.41, 5.74) is 0.651. The molecular weight excluding hydrogens is 487 g/mol. The normalized spacial score (nSPS) is 16.3. The largest absolute Gasteiger partial charge is 0.439 e. The zero-order valence-corrected chi connectivity index (χ0v) is 19.0. The van der Waals surface area contributed by atoms with Crippen LogP contribution in [0.1, 0.15) is 17.3 Å². The highest BCUT2D eigenvalue weighted by Crippen LogP contribution is 2.27. The topological polar surface area (TPSA) is 58.6 Å². The Morgan fingerprint density at radius 1 is 1.19 bits per heavy atom. The van der Waals surface area contributed by atoms with Gasteiger partial charge in [-0.05, 0) is 47.1 Å². The van der Waals surface area contributed by atoms with Crippen LogP contribution in [0.5, 0.6) is 11.6 Å². The molecule has 6 nitrogen and oxygen atoms in total. The number of amides is 1. The number of piperazine rings is 1. The number of benzene rings is 2. The number of ether oxygens (including phenoxy) is 1. The van der Waals surface area contributed by atoms with E-state index in [0.717, 1.165) is 4.47 Å². The Hall–Kier alpha value is -2.71. The second-order valence-electron chi connectivity index (χ2n) is 7.17. The minimum atomic E-state index is -0.513. The third-order valence-corrected chi connectivity index (χ3v) is 6.04. The Balaban J connectivity index is 1.45. The highest BCUT2D eigenvalue weighted by Gasteiger charge is 2.29. The molecule has 31 heavy (non-hydrogen) atoms. The Bertz CT molecular complexity index is 1120. The van der Waals surface area contributed by atoms with Gasteiger partial charge in [-0.2, -0.15) is 0 Å². The van der Waals surface area contributed by atoms with Gasteiger partial charge in [-0.15, -0.1) is 0 Å². The summed E-state index contributed by atoms with van der Waals surface area (Å²) in [5, 5.41) is -0.0218. The van der Waals surface area contributed by atoms with Crippen LogP contribution in [0.25, 0.3) is 0 Å². The summed E-state index contributed by atoms with van der Waals surface area (Å²) in [6, 6.07) is 13.3. The van der Waals surface area contributed by atoms with Crippen molar-refractivity contribution in [3.8, 4) is 11.6 Å². The van der Waals surface area contributed by atoms with E-state index in [2.05, 4.69) is 30.8 Å². The number of hydrogen-bond donors (Lipinski definition) is 0. The van der Waals surface area contributed by atoms with E-state index in [4.69, 9.17) is 16.3 Å². The first-order valence-corrected chi connectivity index (χ1v) is 10.8. The number of carbonyl (C=O) groups excluding carboxylic acids is 1. The second kappa shape index (κ2) is 9.20. The molecule has 160 valence electrons. The van der Waals surface area contributed by atoms with Crippen molar-refractivity contribution in [1.29, 1.82) is 0 Å². The van der Waals surface area contributed by atoms with Crippen LogP contribution >= 0.6 is 27.5 Å². The molecule has 2 aromatic carbocycles. The molecule has 9 heteroatoms. The fourth-order valence-electron chi connectivity index (χ4n) is 3.48. The van der Waals surface area contributed by atoms with Gasteiger partial charge in [0.05, 0.1) is 10.6 Å². The number of carbonyl (C=O) groups is 1. The molecule has 1 fully saturated rings. The summed E-state index contributed by atoms with van der Waals surface area (Å²) in [5.74, 6) is 0.888. The monoisotopic (exact) mass is 504 g/mol. The van der Waals surface area contributed by atoms with Gasteiger partial charge in [-0.1, -0.05) is 23.7 Å². The number of anilines is 1. The van der Waals surface area contributed by atoms with Gasteiger partial charge < -0.3 is 14.5 Å². The smallest absolute Gasteiger partial charge is 0.255 e. The first-order chi connectivity index (χ1) is 14.9. The van der Waals surface area contributed by atoms with Gasteiger partial charge in [0.25, 0.3) is 5.91 Å². The van der Waals surface area contributed by atoms with E-state index in [9.17, 15) is 9.18 Å². The molecule has 1 aliphatic rings. The highest BCUT2D eigenvalue weighted by molar-refractivity contribution is 9.10. The van der Waals surface area contributed by atoms with E-state index in [1.165, 1.54) is 24.5 Å². The predicted octanol–water partition coefficient (Wildman–Crippen LogP) is 5.17. The lowest BCUT2D eigenvalue weighted by Crippen LogP contribution is -2.54. The zero-order valence-electron chi connectivity index (χ0n) is 16.6. The average Bonchev–Trinajstić information content (AvgIpc) is 2.76. The van der Waals surface area contributed by atoms with Crippen LogP contribution in [0.15, 0.2) is 59.3 Å². The second-order valence-corrected chi connectivity index (χ2v) is 8.43. The minimum Gasteiger partial charge on any atom is -0.439 e. The summed E-state index contributed by atoms with van der Waals surface area (Å²) in [4.78, 5) is 25.4. The van der Waals surface area contributed by atoms with Gasteiger partial charge in [0, 0.05) is 42.3 Å². The number of aromatic nitrogens is 2. The lowest BCUT2D eigenvalue weighted by Gasteiger charge is -2.40. The van der Waals surface area contributed by atoms with E-state index in [1.807, 2.05) is 36.1 Å². The molecule has 4 rings (SSSR count). The SMILES string of the molecule is C[C@H]1CN(c2cc(Oc3ccc(F)c(Cl)c3)ncn2)CCN1C(=O)c1ccccc1Br. The molecule has 0 N–H and O–H groups in total. The summed E-state index contributed by atoms with van der Waals surface area (Å²) in [7, 11) is 0. The molecular formula is C22H19BrClFN4O2. The summed E-state index contributed by atoms with van der Waals surface area (Å²) >= 11 is 9.27. The van der Waals surface area contributed by atoms with Crippen molar-refractivity contribution < 1.29 is 13.9 Å². The quantitative estimate of drug-likeness (QED) is 0.489. The molecule has 0 bridgehead atoms. The standard InChI is InChI=1S/C22H19BrClFN4O2/c1-14-12-28(8-9-29(14)22(30)16-4-2-3-5-17(16)23)20-11-21(27-13-26-20)31-15-6-7-19(25)18(24)10-15/h2-7,10-11,13-14H,8-9,12H2,1H3/t14-/m0/s1. The zero-order chi connectivity index (χ0) is 22.0. The first kappa shape index (κ1) is 21.5. The van der Waals surface area contributed by atoms with Crippen LogP contribution in [-0.4, -0.2) is 46.5 Å². The molecule has 3 aromatic rings. The molecule has 0 radical (unpaired) electrons. The maximum Gasteiger partial charge on any atom is 0.255 e. The number of hydrogen-bond acceptors (Lipinski definition) is 5. The molecule has 1 aliphatic heterocycles. The maximum absolute atomic E-state index is 13.3. The van der Waals surface area contributed by atoms with Gasteiger partial charge in [0.2, 0.25) is 5.88 Å². The van der Waals surface area contributed by atoms with Crippen LogP contribution in [0.4, 0.5) is 10.2 Å². The van der Waals surface area contributed by atoms with Gasteiger partial charge in [-0.25, -0.2) is 14.4 Å². The van der Waals surface area contributed by atoms with Gasteiger partial charge in [0.15, 0.2) is 0 Å². The molecule has 1 atom stereocenters. The molecule has 0 spiro atoms. The maximum atomic E-state index is 13.3. The number of nitrogens with zero attached hydrogens (tertiary/aromatic N) is 4. The lowest BCUT2D eigenvalue weighted by atomic mass is 10.1. The van der Waals surface area contributed by atoms with Crippen molar-refractivity contribution in [2.24, 2.45) is 0 Å². The van der Waals surface area contributed by atoms with E-state index in [1.54, 1.807) is 6.07 Å². The third-order valence-electron chi connectivity index (χ3n) is 5.06. The van der Waals surface area contributed by atoms with Crippen LogP contribution in [0, 0.1) is 5.82 Å². The first-order valence-electron chi connectivity index (χ1n) is 9.68. The van der Waals surface area contributed by atoms with Crippen molar-refractivity contribution in [3.63, 3.8) is 0 Å². The van der Waals surface area contributed by atoms with Gasteiger partial charge in [0.1, 0.15) is 23.7 Å². The van der Waals surface area contributed by atoms with Crippen molar-refractivity contribution in [2.45, 2.75) is 13.0 Å². The fourth-order valence-corrected chi connectivity index (χ4v) is 4.10. The Morgan fingerprint density at radius 3 is 2.74 bits per heavy atom. The van der Waals surface area contributed by atoms with Crippen molar-refractivity contribution >= 4 is 39.3 Å². The van der Waals surface area contributed by atoms with Crippen molar-refractivity contribution in [2.75, 3.05) is 24.5 Å². The van der Waals surface area contributed by atoms with E-state index in [-0.39, 0.29) is 17.0 Å². The molecule has 1 saturated heterocycles. The van der Waals surface area contributed by atoms with Crippen molar-refractivity contribution in [3.05, 3.63) is 75.7 Å². The van der Waals surface area contributed by atoms with Crippen LogP contribution in [-0.2, 0) is 0 Å². The molecule has 1 amide bonds. The third kappa shape index (κ3) is 4.80. The van der Waals surface area contributed by atoms with E-state index in [0.29, 0.717) is 42.6 Å². The molecule has 1 aromatic heterocycles.